The quantitative estimate of drug-likeness (QED) is 0.807. The van der Waals surface area contributed by atoms with Gasteiger partial charge in [0.25, 0.3) is 5.56 Å². The van der Waals surface area contributed by atoms with Gasteiger partial charge < -0.3 is 9.84 Å². The number of aromatic amines is 2. The number of nitrogens with zero attached hydrogens (tertiary/aromatic N) is 2. The first kappa shape index (κ1) is 14.1. The molecule has 108 valence electrons. The third kappa shape index (κ3) is 2.38. The molecule has 2 heterocycles. The van der Waals surface area contributed by atoms with E-state index in [-0.39, 0.29) is 23.9 Å². The molecule has 20 heavy (non-hydrogen) atoms. The molecule has 0 amide bonds. The van der Waals surface area contributed by atoms with Crippen molar-refractivity contribution in [1.29, 1.82) is 0 Å². The molecule has 0 saturated carbocycles. The van der Waals surface area contributed by atoms with E-state index in [0.717, 1.165) is 11.3 Å². The molecule has 2 rings (SSSR count). The van der Waals surface area contributed by atoms with Crippen molar-refractivity contribution in [2.45, 2.75) is 26.2 Å². The van der Waals surface area contributed by atoms with Crippen molar-refractivity contribution in [2.75, 3.05) is 7.11 Å². The van der Waals surface area contributed by atoms with E-state index in [1.165, 1.54) is 7.11 Å². The van der Waals surface area contributed by atoms with E-state index >= 15 is 0 Å². The van der Waals surface area contributed by atoms with Crippen LogP contribution < -0.4 is 5.56 Å². The molecule has 0 bridgehead atoms. The maximum atomic E-state index is 12.0. The predicted molar refractivity (Wildman–Crippen MR) is 72.6 cm³/mol. The zero-order valence-corrected chi connectivity index (χ0v) is 12.0. The second kappa shape index (κ2) is 5.36. The van der Waals surface area contributed by atoms with Gasteiger partial charge in [-0.25, -0.2) is 0 Å². The number of aryl methyl sites for hydroxylation is 2. The summed E-state index contributed by atoms with van der Waals surface area (Å²) in [6.07, 6.45) is 1.79. The molecule has 0 aliphatic rings. The van der Waals surface area contributed by atoms with Gasteiger partial charge in [0.2, 0.25) is 0 Å². The molecule has 0 aliphatic heterocycles. The summed E-state index contributed by atoms with van der Waals surface area (Å²) in [4.78, 5) is 23.6. The first-order chi connectivity index (χ1) is 9.45. The summed E-state index contributed by atoms with van der Waals surface area (Å²) < 4.78 is 6.46. The molecular weight excluding hydrogens is 260 g/mol. The fourth-order valence-corrected chi connectivity index (χ4v) is 2.35. The van der Waals surface area contributed by atoms with Gasteiger partial charge in [0.1, 0.15) is 0 Å². The molecule has 1 unspecified atom stereocenters. The maximum Gasteiger partial charge on any atom is 0.306 e. The molecule has 2 aromatic heterocycles. The molecule has 0 aliphatic carbocycles. The minimum absolute atomic E-state index is 0.102. The highest BCUT2D eigenvalue weighted by atomic mass is 16.5. The number of aromatic nitrogens is 4. The Kier molecular flexibility index (Phi) is 3.78. The Morgan fingerprint density at radius 1 is 1.45 bits per heavy atom. The van der Waals surface area contributed by atoms with Crippen LogP contribution in [0.2, 0.25) is 0 Å². The zero-order chi connectivity index (χ0) is 14.9. The Bertz CT molecular complexity index is 680. The maximum absolute atomic E-state index is 12.0. The summed E-state index contributed by atoms with van der Waals surface area (Å²) in [5.74, 6) is -0.732. The van der Waals surface area contributed by atoms with E-state index in [9.17, 15) is 9.59 Å². The van der Waals surface area contributed by atoms with E-state index < -0.39 is 0 Å². The number of H-pyrrole nitrogens is 2. The predicted octanol–water partition coefficient (Wildman–Crippen LogP) is 0.748. The van der Waals surface area contributed by atoms with Crippen LogP contribution in [0.25, 0.3) is 0 Å². The van der Waals surface area contributed by atoms with Gasteiger partial charge >= 0.3 is 5.97 Å². The molecule has 0 spiro atoms. The number of ether oxygens (including phenoxy) is 1. The van der Waals surface area contributed by atoms with Gasteiger partial charge in [0.15, 0.2) is 0 Å². The highest BCUT2D eigenvalue weighted by molar-refractivity contribution is 5.71. The minimum Gasteiger partial charge on any atom is -0.469 e. The van der Waals surface area contributed by atoms with Crippen molar-refractivity contribution in [2.24, 2.45) is 7.05 Å². The topological polar surface area (TPSA) is 92.8 Å². The lowest BCUT2D eigenvalue weighted by atomic mass is 9.89. The largest absolute Gasteiger partial charge is 0.469 e. The Hall–Kier alpha value is -2.31. The Morgan fingerprint density at radius 2 is 2.15 bits per heavy atom. The van der Waals surface area contributed by atoms with Crippen molar-refractivity contribution in [3.63, 3.8) is 0 Å². The van der Waals surface area contributed by atoms with Crippen LogP contribution >= 0.6 is 0 Å². The first-order valence-corrected chi connectivity index (χ1v) is 6.28. The average molecular weight is 278 g/mol. The number of carbonyl (C=O) groups is 1. The Morgan fingerprint density at radius 3 is 2.60 bits per heavy atom. The number of hydrogen-bond acceptors (Lipinski definition) is 4. The number of rotatable bonds is 4. The van der Waals surface area contributed by atoms with E-state index in [2.05, 4.69) is 15.3 Å². The van der Waals surface area contributed by atoms with Crippen LogP contribution in [-0.4, -0.2) is 33.1 Å². The lowest BCUT2D eigenvalue weighted by molar-refractivity contribution is -0.140. The number of hydrogen-bond donors (Lipinski definition) is 2. The molecule has 2 aromatic rings. The van der Waals surface area contributed by atoms with E-state index in [1.54, 1.807) is 17.8 Å². The normalized spacial score (nSPS) is 12.4. The highest BCUT2D eigenvalue weighted by Crippen LogP contribution is 2.29. The zero-order valence-electron chi connectivity index (χ0n) is 12.0. The second-order valence-electron chi connectivity index (χ2n) is 4.76. The molecule has 7 nitrogen and oxygen atoms in total. The van der Waals surface area contributed by atoms with Crippen LogP contribution in [0.4, 0.5) is 0 Å². The summed E-state index contributed by atoms with van der Waals surface area (Å²) in [6, 6.07) is 0. The van der Waals surface area contributed by atoms with Crippen LogP contribution in [0, 0.1) is 13.8 Å². The standard InChI is InChI=1S/C13H18N4O3/c1-7-12(13(19)16-15-7)9(5-11(18)20-4)10-6-14-17(3)8(10)2/h6,9H,5H2,1-4H3,(H2,15,16,19). The number of methoxy groups -OCH3 is 1. The van der Waals surface area contributed by atoms with Gasteiger partial charge in [0, 0.05) is 35.5 Å². The molecular formula is C13H18N4O3. The number of esters is 1. The number of carbonyl (C=O) groups excluding carboxylic acids is 1. The SMILES string of the molecule is COC(=O)CC(c1cnn(C)c1C)c1c(C)[nH][nH]c1=O. The summed E-state index contributed by atoms with van der Waals surface area (Å²) in [5.41, 5.74) is 2.81. The summed E-state index contributed by atoms with van der Waals surface area (Å²) in [7, 11) is 3.16. The molecule has 2 N–H and O–H groups in total. The molecule has 7 heteroatoms. The monoisotopic (exact) mass is 278 g/mol. The Labute approximate surface area is 115 Å². The third-order valence-corrected chi connectivity index (χ3v) is 3.61. The minimum atomic E-state index is -0.369. The highest BCUT2D eigenvalue weighted by Gasteiger charge is 2.27. The van der Waals surface area contributed by atoms with Crippen molar-refractivity contribution < 1.29 is 9.53 Å². The van der Waals surface area contributed by atoms with Gasteiger partial charge in [-0.15, -0.1) is 0 Å². The smallest absolute Gasteiger partial charge is 0.306 e. The molecule has 0 fully saturated rings. The van der Waals surface area contributed by atoms with E-state index in [1.807, 2.05) is 14.0 Å². The van der Waals surface area contributed by atoms with Crippen molar-refractivity contribution in [1.82, 2.24) is 20.0 Å². The molecule has 0 saturated heterocycles. The van der Waals surface area contributed by atoms with E-state index in [0.29, 0.717) is 11.3 Å². The van der Waals surface area contributed by atoms with Crippen molar-refractivity contribution in [3.05, 3.63) is 39.1 Å². The van der Waals surface area contributed by atoms with Crippen LogP contribution in [0.3, 0.4) is 0 Å². The molecule has 0 aromatic carbocycles. The molecule has 1 atom stereocenters. The molecule has 0 radical (unpaired) electrons. The Balaban J connectivity index is 2.53. The number of nitrogens with one attached hydrogen (secondary N) is 2. The summed E-state index contributed by atoms with van der Waals surface area (Å²) in [5, 5.41) is 9.51. The fraction of sp³-hybridized carbons (Fsp3) is 0.462. The van der Waals surface area contributed by atoms with Gasteiger partial charge in [-0.05, 0) is 13.8 Å². The summed E-state index contributed by atoms with van der Waals surface area (Å²) in [6.45, 7) is 3.70. The van der Waals surface area contributed by atoms with Gasteiger partial charge in [-0.3, -0.25) is 19.4 Å². The van der Waals surface area contributed by atoms with Crippen LogP contribution in [0.15, 0.2) is 11.0 Å². The lowest BCUT2D eigenvalue weighted by Crippen LogP contribution is -2.17. The van der Waals surface area contributed by atoms with Gasteiger partial charge in [-0.2, -0.15) is 5.10 Å². The van der Waals surface area contributed by atoms with Gasteiger partial charge in [-0.1, -0.05) is 0 Å². The van der Waals surface area contributed by atoms with Crippen LogP contribution in [0.1, 0.15) is 34.9 Å². The second-order valence-corrected chi connectivity index (χ2v) is 4.76. The average Bonchev–Trinajstić information content (AvgIpc) is 2.92. The third-order valence-electron chi connectivity index (χ3n) is 3.61. The van der Waals surface area contributed by atoms with Crippen LogP contribution in [-0.2, 0) is 16.6 Å². The summed E-state index contributed by atoms with van der Waals surface area (Å²) >= 11 is 0. The van der Waals surface area contributed by atoms with Gasteiger partial charge in [0.05, 0.1) is 19.7 Å². The fourth-order valence-electron chi connectivity index (χ4n) is 2.35. The van der Waals surface area contributed by atoms with Crippen LogP contribution in [0.5, 0.6) is 0 Å². The van der Waals surface area contributed by atoms with Crippen molar-refractivity contribution >= 4 is 5.97 Å². The van der Waals surface area contributed by atoms with Crippen molar-refractivity contribution in [3.8, 4) is 0 Å². The lowest BCUT2D eigenvalue weighted by Gasteiger charge is -2.14. The first-order valence-electron chi connectivity index (χ1n) is 6.28. The van der Waals surface area contributed by atoms with E-state index in [4.69, 9.17) is 4.74 Å².